The summed E-state index contributed by atoms with van der Waals surface area (Å²) in [4.78, 5) is 28.1. The Morgan fingerprint density at radius 1 is 0.878 bits per heavy atom. The van der Waals surface area contributed by atoms with Crippen molar-refractivity contribution in [3.8, 4) is 0 Å². The van der Waals surface area contributed by atoms with Gasteiger partial charge in [-0.3, -0.25) is 9.59 Å². The van der Waals surface area contributed by atoms with E-state index in [9.17, 15) is 18.0 Å². The van der Waals surface area contributed by atoms with Crippen LogP contribution in [0.25, 0.3) is 5.57 Å². The largest absolute Gasteiger partial charge is 0.299 e. The first-order valence-electron chi connectivity index (χ1n) is 14.7. The summed E-state index contributed by atoms with van der Waals surface area (Å²) in [7, 11) is -3.93. The molecule has 0 amide bonds. The summed E-state index contributed by atoms with van der Waals surface area (Å²) in [5, 5.41) is 0. The van der Waals surface area contributed by atoms with Gasteiger partial charge in [0.2, 0.25) is 10.0 Å². The molecule has 2 aliphatic rings. The number of aryl methyl sites for hydroxylation is 1. The minimum absolute atomic E-state index is 0.00112. The van der Waals surface area contributed by atoms with Crippen molar-refractivity contribution in [2.75, 3.05) is 6.54 Å². The lowest BCUT2D eigenvalue weighted by Gasteiger charge is -2.43. The van der Waals surface area contributed by atoms with Gasteiger partial charge in [0.25, 0.3) is 0 Å². The van der Waals surface area contributed by atoms with E-state index in [1.54, 1.807) is 28.6 Å². The van der Waals surface area contributed by atoms with Gasteiger partial charge in [0.1, 0.15) is 5.78 Å². The zero-order valence-electron chi connectivity index (χ0n) is 24.1. The number of hydrogen-bond donors (Lipinski definition) is 0. The summed E-state index contributed by atoms with van der Waals surface area (Å²) in [6.07, 6.45) is 3.47. The highest BCUT2D eigenvalue weighted by molar-refractivity contribution is 7.89. The molecule has 214 valence electrons. The van der Waals surface area contributed by atoms with Crippen LogP contribution in [0.2, 0.25) is 0 Å². The van der Waals surface area contributed by atoms with Gasteiger partial charge in [-0.1, -0.05) is 98.6 Å². The van der Waals surface area contributed by atoms with Crippen LogP contribution < -0.4 is 0 Å². The van der Waals surface area contributed by atoms with E-state index in [0.717, 1.165) is 36.0 Å². The van der Waals surface area contributed by atoms with Gasteiger partial charge < -0.3 is 0 Å². The van der Waals surface area contributed by atoms with Gasteiger partial charge in [0.15, 0.2) is 5.78 Å². The number of rotatable bonds is 10. The number of sulfonamides is 1. The summed E-state index contributed by atoms with van der Waals surface area (Å²) >= 11 is 0. The molecule has 1 heterocycles. The fourth-order valence-corrected chi connectivity index (χ4v) is 7.75. The number of hydrogen-bond acceptors (Lipinski definition) is 4. The van der Waals surface area contributed by atoms with E-state index in [1.807, 2.05) is 67.6 Å². The molecule has 5 rings (SSSR count). The molecule has 5 nitrogen and oxygen atoms in total. The lowest BCUT2D eigenvalue weighted by atomic mass is 9.73. The Kier molecular flexibility index (Phi) is 8.71. The predicted molar refractivity (Wildman–Crippen MR) is 163 cm³/mol. The molecule has 1 aliphatic carbocycles. The summed E-state index contributed by atoms with van der Waals surface area (Å²) < 4.78 is 30.3. The Balaban J connectivity index is 1.74. The monoisotopic (exact) mass is 569 g/mol. The maximum atomic E-state index is 14.4. The van der Waals surface area contributed by atoms with E-state index in [2.05, 4.69) is 13.8 Å². The predicted octanol–water partition coefficient (Wildman–Crippen LogP) is 7.13. The van der Waals surface area contributed by atoms with Crippen LogP contribution in [0.15, 0.2) is 95.4 Å². The highest BCUT2D eigenvalue weighted by Crippen LogP contribution is 2.43. The van der Waals surface area contributed by atoms with E-state index in [4.69, 9.17) is 0 Å². The minimum Gasteiger partial charge on any atom is -0.299 e. The molecule has 1 fully saturated rings. The summed E-state index contributed by atoms with van der Waals surface area (Å²) in [6.45, 7) is 6.17. The van der Waals surface area contributed by atoms with Crippen molar-refractivity contribution in [1.29, 1.82) is 0 Å². The fourth-order valence-electron chi connectivity index (χ4n) is 6.10. The van der Waals surface area contributed by atoms with E-state index < -0.39 is 22.0 Å². The van der Waals surface area contributed by atoms with Crippen LogP contribution in [0.5, 0.6) is 0 Å². The van der Waals surface area contributed by atoms with E-state index in [-0.39, 0.29) is 41.3 Å². The van der Waals surface area contributed by atoms with Crippen molar-refractivity contribution >= 4 is 27.2 Å². The van der Waals surface area contributed by atoms with E-state index in [1.165, 1.54) is 0 Å². The Labute approximate surface area is 244 Å². The molecule has 1 aliphatic heterocycles. The van der Waals surface area contributed by atoms with Crippen molar-refractivity contribution in [1.82, 2.24) is 4.31 Å². The summed E-state index contributed by atoms with van der Waals surface area (Å²) in [6, 6.07) is 25.2. The zero-order valence-corrected chi connectivity index (χ0v) is 24.9. The van der Waals surface area contributed by atoms with Gasteiger partial charge in [0, 0.05) is 35.9 Å². The Bertz CT molecular complexity index is 1520. The lowest BCUT2D eigenvalue weighted by Crippen LogP contribution is -2.50. The van der Waals surface area contributed by atoms with Gasteiger partial charge in [-0.2, -0.15) is 4.31 Å². The summed E-state index contributed by atoms with van der Waals surface area (Å²) in [5.41, 5.74) is 3.65. The van der Waals surface area contributed by atoms with Crippen LogP contribution >= 0.6 is 0 Å². The number of carbonyl (C=O) groups excluding carboxylic acids is 2. The third-order valence-electron chi connectivity index (χ3n) is 8.48. The van der Waals surface area contributed by atoms with Crippen molar-refractivity contribution in [3.05, 3.63) is 107 Å². The second kappa shape index (κ2) is 12.3. The molecule has 0 spiro atoms. The molecule has 0 unspecified atom stereocenters. The third kappa shape index (κ3) is 6.14. The highest BCUT2D eigenvalue weighted by atomic mass is 32.2. The average molecular weight is 570 g/mol. The number of ketones is 2. The van der Waals surface area contributed by atoms with Gasteiger partial charge in [-0.25, -0.2) is 8.42 Å². The molecule has 0 aromatic heterocycles. The number of carbonyl (C=O) groups is 2. The van der Waals surface area contributed by atoms with Crippen LogP contribution in [0.1, 0.15) is 67.4 Å². The molecule has 3 aromatic rings. The number of benzene rings is 3. The molecule has 0 N–H and O–H groups in total. The van der Waals surface area contributed by atoms with Gasteiger partial charge in [-0.15, -0.1) is 0 Å². The molecular weight excluding hydrogens is 530 g/mol. The molecule has 6 heteroatoms. The molecular formula is C35H39NO4S. The molecule has 0 bridgehead atoms. The second-order valence-electron chi connectivity index (χ2n) is 11.9. The van der Waals surface area contributed by atoms with Gasteiger partial charge >= 0.3 is 0 Å². The topological polar surface area (TPSA) is 71.5 Å². The van der Waals surface area contributed by atoms with Crippen LogP contribution in [-0.2, 0) is 14.8 Å². The lowest BCUT2D eigenvalue weighted by molar-refractivity contribution is -0.126. The Hall–Kier alpha value is -3.35. The first-order chi connectivity index (χ1) is 19.7. The van der Waals surface area contributed by atoms with Crippen molar-refractivity contribution in [2.24, 2.45) is 17.8 Å². The van der Waals surface area contributed by atoms with E-state index >= 15 is 0 Å². The SMILES string of the molecule is Cc1ccc(S(=O)(=O)N2C[C@H](CC(=O)C3CCC3)C(C(=O)c3ccccc3)=C(c3ccccc3)[C@@H]2CC(C)C)cc1. The third-order valence-corrected chi connectivity index (χ3v) is 10.4. The first-order valence-corrected chi connectivity index (χ1v) is 16.1. The van der Waals surface area contributed by atoms with Crippen molar-refractivity contribution < 1.29 is 18.0 Å². The molecule has 1 saturated carbocycles. The molecule has 41 heavy (non-hydrogen) atoms. The van der Waals surface area contributed by atoms with Gasteiger partial charge in [-0.05, 0) is 55.4 Å². The van der Waals surface area contributed by atoms with Gasteiger partial charge in [0.05, 0.1) is 10.9 Å². The first kappa shape index (κ1) is 29.2. The second-order valence-corrected chi connectivity index (χ2v) is 13.8. The molecule has 2 atom stereocenters. The minimum atomic E-state index is -3.93. The quantitative estimate of drug-likeness (QED) is 0.244. The van der Waals surface area contributed by atoms with Crippen molar-refractivity contribution in [3.63, 3.8) is 0 Å². The number of Topliss-reactive ketones (excluding diaryl/α,β-unsaturated/α-hetero) is 2. The molecule has 0 saturated heterocycles. The normalized spacial score (nSPS) is 20.2. The Morgan fingerprint density at radius 3 is 2.05 bits per heavy atom. The Morgan fingerprint density at radius 2 is 1.49 bits per heavy atom. The van der Waals surface area contributed by atoms with Crippen LogP contribution in [0.3, 0.4) is 0 Å². The average Bonchev–Trinajstić information content (AvgIpc) is 2.93. The summed E-state index contributed by atoms with van der Waals surface area (Å²) in [5.74, 6) is -0.386. The smallest absolute Gasteiger partial charge is 0.243 e. The standard InChI is InChI=1S/C35H39NO4S/c1-24(2)21-31-33(27-11-6-4-7-12-27)34(35(38)28-13-8-5-9-14-28)29(22-32(37)26-15-10-16-26)23-36(31)41(39,40)30-19-17-25(3)18-20-30/h4-9,11-14,17-20,24,26,29,31H,10,15-16,21-23H2,1-3H3/t29-,31-/m0/s1. The highest BCUT2D eigenvalue weighted by Gasteiger charge is 2.45. The maximum Gasteiger partial charge on any atom is 0.243 e. The van der Waals surface area contributed by atoms with Crippen molar-refractivity contribution in [2.45, 2.75) is 63.8 Å². The number of nitrogens with zero attached hydrogens (tertiary/aromatic N) is 1. The maximum absolute atomic E-state index is 14.4. The molecule has 0 radical (unpaired) electrons. The zero-order chi connectivity index (χ0) is 29.1. The fraction of sp³-hybridized carbons (Fsp3) is 0.371. The molecule has 3 aromatic carbocycles. The van der Waals surface area contributed by atoms with Crippen LogP contribution in [-0.4, -0.2) is 36.9 Å². The van der Waals surface area contributed by atoms with E-state index in [0.29, 0.717) is 17.6 Å². The van der Waals surface area contributed by atoms with Crippen LogP contribution in [0, 0.1) is 24.7 Å². The van der Waals surface area contributed by atoms with Crippen LogP contribution in [0.4, 0.5) is 0 Å².